The van der Waals surface area contributed by atoms with E-state index in [1.807, 2.05) is 0 Å². The van der Waals surface area contributed by atoms with E-state index in [1.54, 1.807) is 0 Å². The Morgan fingerprint density at radius 2 is 2.38 bits per heavy atom. The van der Waals surface area contributed by atoms with Gasteiger partial charge >= 0.3 is 0 Å². The van der Waals surface area contributed by atoms with Crippen LogP contribution in [0.25, 0.3) is 0 Å². The monoisotopic (exact) mass is 184 g/mol. The van der Waals surface area contributed by atoms with Gasteiger partial charge in [-0.25, -0.2) is 0 Å². The van der Waals surface area contributed by atoms with Gasteiger partial charge in [0.1, 0.15) is 6.10 Å². The van der Waals surface area contributed by atoms with Crippen molar-refractivity contribution in [1.29, 1.82) is 0 Å². The van der Waals surface area contributed by atoms with Crippen LogP contribution in [0.5, 0.6) is 0 Å². The highest BCUT2D eigenvalue weighted by Crippen LogP contribution is 2.15. The smallest absolute Gasteiger partial charge is 0.249 e. The molecular formula is C9H16N2O2. The molecule has 0 aromatic rings. The van der Waals surface area contributed by atoms with Crippen LogP contribution in [0.2, 0.25) is 0 Å². The van der Waals surface area contributed by atoms with Crippen molar-refractivity contribution in [3.63, 3.8) is 0 Å². The number of nitrogens with one attached hydrogen (secondary N) is 2. The summed E-state index contributed by atoms with van der Waals surface area (Å²) in [6.07, 6.45) is 1.68. The molecule has 0 unspecified atom stereocenters. The van der Waals surface area contributed by atoms with E-state index in [0.717, 1.165) is 32.5 Å². The van der Waals surface area contributed by atoms with E-state index in [0.29, 0.717) is 0 Å². The van der Waals surface area contributed by atoms with Gasteiger partial charge < -0.3 is 15.4 Å². The molecule has 4 heteroatoms. The molecule has 2 saturated heterocycles. The van der Waals surface area contributed by atoms with Gasteiger partial charge in [0.15, 0.2) is 0 Å². The number of rotatable bonds is 2. The third-order valence-electron chi connectivity index (χ3n) is 2.68. The number of ether oxygens (including phenoxy) is 1. The Balaban J connectivity index is 1.83. The van der Waals surface area contributed by atoms with Gasteiger partial charge in [0.2, 0.25) is 5.91 Å². The minimum atomic E-state index is -0.197. The lowest BCUT2D eigenvalue weighted by molar-refractivity contribution is -0.132. The lowest BCUT2D eigenvalue weighted by atomic mass is 9.95. The Morgan fingerprint density at radius 1 is 1.62 bits per heavy atom. The van der Waals surface area contributed by atoms with Crippen molar-refractivity contribution >= 4 is 5.91 Å². The fraction of sp³-hybridized carbons (Fsp3) is 0.889. The average Bonchev–Trinajstić information content (AvgIpc) is 2.53. The molecule has 0 spiro atoms. The van der Waals surface area contributed by atoms with E-state index in [1.165, 1.54) is 0 Å². The van der Waals surface area contributed by atoms with Crippen molar-refractivity contribution < 1.29 is 9.53 Å². The van der Waals surface area contributed by atoms with Crippen LogP contribution >= 0.6 is 0 Å². The molecule has 2 N–H and O–H groups in total. The van der Waals surface area contributed by atoms with Gasteiger partial charge in [-0.1, -0.05) is 0 Å². The first-order valence-corrected chi connectivity index (χ1v) is 4.84. The molecule has 1 amide bonds. The van der Waals surface area contributed by atoms with Crippen molar-refractivity contribution in [3.8, 4) is 0 Å². The van der Waals surface area contributed by atoms with Gasteiger partial charge in [-0.3, -0.25) is 4.79 Å². The Morgan fingerprint density at radius 3 is 2.85 bits per heavy atom. The van der Waals surface area contributed by atoms with Gasteiger partial charge in [-0.15, -0.1) is 0 Å². The van der Waals surface area contributed by atoms with Crippen molar-refractivity contribution in [2.24, 2.45) is 0 Å². The summed E-state index contributed by atoms with van der Waals surface area (Å²) >= 11 is 0. The minimum Gasteiger partial charge on any atom is -0.368 e. The summed E-state index contributed by atoms with van der Waals surface area (Å²) in [6, 6.07) is 0. The summed E-state index contributed by atoms with van der Waals surface area (Å²) in [5.74, 6) is 0.0569. The number of amides is 1. The van der Waals surface area contributed by atoms with E-state index < -0.39 is 0 Å². The van der Waals surface area contributed by atoms with Gasteiger partial charge in [0, 0.05) is 19.7 Å². The molecule has 0 radical (unpaired) electrons. The van der Waals surface area contributed by atoms with E-state index in [4.69, 9.17) is 4.74 Å². The Kier molecular flexibility index (Phi) is 2.26. The molecular weight excluding hydrogens is 168 g/mol. The van der Waals surface area contributed by atoms with Gasteiger partial charge in [-0.05, 0) is 19.8 Å². The second-order valence-electron chi connectivity index (χ2n) is 4.16. The quantitative estimate of drug-likeness (QED) is 0.616. The lowest BCUT2D eigenvalue weighted by Crippen LogP contribution is -2.68. The maximum atomic E-state index is 11.6. The Labute approximate surface area is 78.0 Å². The fourth-order valence-electron chi connectivity index (χ4n) is 1.75. The zero-order valence-electron chi connectivity index (χ0n) is 7.93. The lowest BCUT2D eigenvalue weighted by Gasteiger charge is -2.40. The largest absolute Gasteiger partial charge is 0.368 e. The summed E-state index contributed by atoms with van der Waals surface area (Å²) in [5.41, 5.74) is -0.0387. The predicted molar refractivity (Wildman–Crippen MR) is 48.4 cm³/mol. The summed E-state index contributed by atoms with van der Waals surface area (Å²) in [4.78, 5) is 11.6. The fourth-order valence-corrected chi connectivity index (χ4v) is 1.75. The van der Waals surface area contributed by atoms with Crippen LogP contribution in [-0.2, 0) is 9.53 Å². The Bertz CT molecular complexity index is 208. The van der Waals surface area contributed by atoms with E-state index in [9.17, 15) is 4.79 Å². The molecule has 13 heavy (non-hydrogen) atoms. The van der Waals surface area contributed by atoms with Gasteiger partial charge in [-0.2, -0.15) is 0 Å². The van der Waals surface area contributed by atoms with Crippen molar-refractivity contribution in [3.05, 3.63) is 0 Å². The minimum absolute atomic E-state index is 0.0387. The predicted octanol–water partition coefficient (Wildman–Crippen LogP) is -0.357. The first kappa shape index (κ1) is 8.97. The second-order valence-corrected chi connectivity index (χ2v) is 4.16. The molecule has 2 rings (SSSR count). The Hall–Kier alpha value is -0.610. The summed E-state index contributed by atoms with van der Waals surface area (Å²) < 4.78 is 5.30. The maximum absolute atomic E-state index is 11.6. The molecule has 0 aliphatic carbocycles. The van der Waals surface area contributed by atoms with Crippen molar-refractivity contribution in [1.82, 2.24) is 10.6 Å². The molecule has 0 bridgehead atoms. The zero-order valence-corrected chi connectivity index (χ0v) is 7.93. The van der Waals surface area contributed by atoms with Crippen LogP contribution in [0.4, 0.5) is 0 Å². The molecule has 0 aromatic heterocycles. The number of hydrogen-bond acceptors (Lipinski definition) is 3. The van der Waals surface area contributed by atoms with E-state index in [-0.39, 0.29) is 17.6 Å². The van der Waals surface area contributed by atoms with E-state index >= 15 is 0 Å². The molecule has 0 aromatic carbocycles. The van der Waals surface area contributed by atoms with Crippen molar-refractivity contribution in [2.75, 3.05) is 19.7 Å². The molecule has 2 heterocycles. The van der Waals surface area contributed by atoms with Crippen molar-refractivity contribution in [2.45, 2.75) is 31.4 Å². The zero-order chi connectivity index (χ0) is 9.31. The summed E-state index contributed by atoms with van der Waals surface area (Å²) in [5, 5.41) is 6.15. The first-order valence-electron chi connectivity index (χ1n) is 4.84. The third kappa shape index (κ3) is 1.84. The number of carbonyl (C=O) groups excluding carboxylic acids is 1. The van der Waals surface area contributed by atoms with Crippen LogP contribution in [0.3, 0.4) is 0 Å². The van der Waals surface area contributed by atoms with Crippen LogP contribution in [0.1, 0.15) is 19.8 Å². The second kappa shape index (κ2) is 3.27. The maximum Gasteiger partial charge on any atom is 0.249 e. The third-order valence-corrected chi connectivity index (χ3v) is 2.68. The van der Waals surface area contributed by atoms with Crippen LogP contribution in [0, 0.1) is 0 Å². The first-order chi connectivity index (χ1) is 6.20. The van der Waals surface area contributed by atoms with Crippen LogP contribution in [0.15, 0.2) is 0 Å². The molecule has 0 saturated carbocycles. The highest BCUT2D eigenvalue weighted by Gasteiger charge is 2.35. The normalized spacial score (nSPS) is 31.0. The summed E-state index contributed by atoms with van der Waals surface area (Å²) in [7, 11) is 0. The van der Waals surface area contributed by atoms with Crippen LogP contribution < -0.4 is 10.6 Å². The molecule has 74 valence electrons. The van der Waals surface area contributed by atoms with E-state index in [2.05, 4.69) is 17.6 Å². The highest BCUT2D eigenvalue weighted by atomic mass is 16.5. The molecule has 1 atom stereocenters. The standard InChI is InChI=1S/C9H16N2O2/c1-9(5-10-6-9)11-8(12)7-3-2-4-13-7/h7,10H,2-6H2,1H3,(H,11,12)/t7-/m0/s1. The average molecular weight is 184 g/mol. The van der Waals surface area contributed by atoms with Crippen LogP contribution in [-0.4, -0.2) is 37.2 Å². The molecule has 2 aliphatic rings. The number of carbonyl (C=O) groups is 1. The number of hydrogen-bond donors (Lipinski definition) is 2. The van der Waals surface area contributed by atoms with Gasteiger partial charge in [0.05, 0.1) is 5.54 Å². The summed E-state index contributed by atoms with van der Waals surface area (Å²) in [6.45, 7) is 4.51. The molecule has 2 aliphatic heterocycles. The highest BCUT2D eigenvalue weighted by molar-refractivity contribution is 5.81. The van der Waals surface area contributed by atoms with Gasteiger partial charge in [0.25, 0.3) is 0 Å². The SMILES string of the molecule is CC1(NC(=O)[C@@H]2CCCO2)CNC1. The topological polar surface area (TPSA) is 50.4 Å². The molecule has 2 fully saturated rings. The molecule has 4 nitrogen and oxygen atoms in total.